The minimum absolute atomic E-state index is 0.00907. The first-order chi connectivity index (χ1) is 9.40. The highest BCUT2D eigenvalue weighted by Crippen LogP contribution is 2.19. The third-order valence-corrected chi connectivity index (χ3v) is 3.32. The number of carbonyl (C=O) groups excluding carboxylic acids is 1. The van der Waals surface area contributed by atoms with E-state index >= 15 is 0 Å². The zero-order valence-electron chi connectivity index (χ0n) is 13.1. The van der Waals surface area contributed by atoms with E-state index in [-0.39, 0.29) is 11.9 Å². The Morgan fingerprint density at radius 1 is 1.40 bits per heavy atom. The van der Waals surface area contributed by atoms with Crippen molar-refractivity contribution in [3.05, 3.63) is 29.3 Å². The Morgan fingerprint density at radius 3 is 2.55 bits per heavy atom. The average Bonchev–Trinajstić information content (AvgIpc) is 2.38. The molecule has 3 N–H and O–H groups in total. The van der Waals surface area contributed by atoms with Crippen molar-refractivity contribution in [3.8, 4) is 0 Å². The SMILES string of the molecule is CCN(C(=O)c1ccc(C)cc1NN)C(C)CN(C)C. The van der Waals surface area contributed by atoms with Gasteiger partial charge in [0.05, 0.1) is 11.3 Å². The molecule has 0 fully saturated rings. The van der Waals surface area contributed by atoms with Crippen molar-refractivity contribution < 1.29 is 4.79 Å². The number of amides is 1. The fraction of sp³-hybridized carbons (Fsp3) is 0.533. The highest BCUT2D eigenvalue weighted by Gasteiger charge is 2.22. The topological polar surface area (TPSA) is 61.6 Å². The van der Waals surface area contributed by atoms with E-state index in [0.29, 0.717) is 17.8 Å². The summed E-state index contributed by atoms with van der Waals surface area (Å²) in [6.07, 6.45) is 0. The summed E-state index contributed by atoms with van der Waals surface area (Å²) < 4.78 is 0. The lowest BCUT2D eigenvalue weighted by atomic mass is 10.1. The Labute approximate surface area is 121 Å². The highest BCUT2D eigenvalue weighted by atomic mass is 16.2. The van der Waals surface area contributed by atoms with Gasteiger partial charge < -0.3 is 15.2 Å². The van der Waals surface area contributed by atoms with Crippen LogP contribution in [0.25, 0.3) is 0 Å². The summed E-state index contributed by atoms with van der Waals surface area (Å²) in [7, 11) is 4.02. The number of hydrazine groups is 1. The van der Waals surface area contributed by atoms with Crippen molar-refractivity contribution in [2.24, 2.45) is 5.84 Å². The molecule has 5 heteroatoms. The van der Waals surface area contributed by atoms with Crippen LogP contribution in [0.5, 0.6) is 0 Å². The van der Waals surface area contributed by atoms with E-state index in [4.69, 9.17) is 5.84 Å². The molecule has 0 saturated carbocycles. The van der Waals surface area contributed by atoms with Crippen LogP contribution in [-0.2, 0) is 0 Å². The van der Waals surface area contributed by atoms with Gasteiger partial charge in [0.25, 0.3) is 5.91 Å². The second kappa shape index (κ2) is 7.26. The van der Waals surface area contributed by atoms with Gasteiger partial charge in [-0.1, -0.05) is 6.07 Å². The Kier molecular flexibility index (Phi) is 5.98. The van der Waals surface area contributed by atoms with Crippen LogP contribution in [0.3, 0.4) is 0 Å². The lowest BCUT2D eigenvalue weighted by Gasteiger charge is -2.30. The first kappa shape index (κ1) is 16.5. The predicted molar refractivity (Wildman–Crippen MR) is 83.7 cm³/mol. The van der Waals surface area contributed by atoms with Crippen molar-refractivity contribution in [2.45, 2.75) is 26.8 Å². The lowest BCUT2D eigenvalue weighted by Crippen LogP contribution is -2.44. The van der Waals surface area contributed by atoms with Crippen LogP contribution in [0, 0.1) is 6.92 Å². The van der Waals surface area contributed by atoms with Crippen molar-refractivity contribution in [1.82, 2.24) is 9.80 Å². The van der Waals surface area contributed by atoms with Crippen molar-refractivity contribution in [2.75, 3.05) is 32.6 Å². The number of nitrogens with two attached hydrogens (primary N) is 1. The molecule has 0 aliphatic carbocycles. The van der Waals surface area contributed by atoms with Gasteiger partial charge in [-0.2, -0.15) is 0 Å². The number of rotatable bonds is 6. The van der Waals surface area contributed by atoms with E-state index in [9.17, 15) is 4.79 Å². The van der Waals surface area contributed by atoms with Crippen LogP contribution < -0.4 is 11.3 Å². The number of aryl methyl sites for hydroxylation is 1. The Balaban J connectivity index is 3.02. The standard InChI is InChI=1S/C15H26N4O/c1-6-19(12(3)10-18(4)5)15(20)13-8-7-11(2)9-14(13)17-16/h7-9,12,17H,6,10,16H2,1-5H3. The molecular weight excluding hydrogens is 252 g/mol. The van der Waals surface area contributed by atoms with Gasteiger partial charge in [-0.25, -0.2) is 0 Å². The number of carbonyl (C=O) groups is 1. The minimum atomic E-state index is 0.00907. The molecule has 20 heavy (non-hydrogen) atoms. The smallest absolute Gasteiger partial charge is 0.256 e. The molecule has 1 aromatic rings. The third kappa shape index (κ3) is 3.95. The molecule has 0 saturated heterocycles. The molecule has 1 amide bonds. The Bertz CT molecular complexity index is 459. The van der Waals surface area contributed by atoms with E-state index in [1.807, 2.05) is 51.0 Å². The second-order valence-electron chi connectivity index (χ2n) is 5.40. The summed E-state index contributed by atoms with van der Waals surface area (Å²) in [5.74, 6) is 5.54. The normalized spacial score (nSPS) is 12.3. The fourth-order valence-electron chi connectivity index (χ4n) is 2.40. The summed E-state index contributed by atoms with van der Waals surface area (Å²) in [5, 5.41) is 0. The van der Waals surface area contributed by atoms with E-state index in [0.717, 1.165) is 12.1 Å². The van der Waals surface area contributed by atoms with Crippen LogP contribution in [0.2, 0.25) is 0 Å². The van der Waals surface area contributed by atoms with E-state index in [1.165, 1.54) is 0 Å². The first-order valence-corrected chi connectivity index (χ1v) is 6.93. The van der Waals surface area contributed by atoms with Crippen LogP contribution in [-0.4, -0.2) is 48.9 Å². The third-order valence-electron chi connectivity index (χ3n) is 3.32. The van der Waals surface area contributed by atoms with Crippen LogP contribution in [0.1, 0.15) is 29.8 Å². The summed E-state index contributed by atoms with van der Waals surface area (Å²) in [6.45, 7) is 7.53. The molecule has 5 nitrogen and oxygen atoms in total. The lowest BCUT2D eigenvalue weighted by molar-refractivity contribution is 0.0680. The van der Waals surface area contributed by atoms with Gasteiger partial charge in [-0.05, 0) is 52.6 Å². The summed E-state index contributed by atoms with van der Waals surface area (Å²) in [6, 6.07) is 5.79. The first-order valence-electron chi connectivity index (χ1n) is 6.93. The van der Waals surface area contributed by atoms with Crippen LogP contribution in [0.4, 0.5) is 5.69 Å². The molecule has 1 unspecified atom stereocenters. The number of anilines is 1. The van der Waals surface area contributed by atoms with Gasteiger partial charge in [0, 0.05) is 19.1 Å². The molecular formula is C15H26N4O. The van der Waals surface area contributed by atoms with Crippen LogP contribution in [0.15, 0.2) is 18.2 Å². The molecule has 0 aliphatic heterocycles. The Morgan fingerprint density at radius 2 is 2.05 bits per heavy atom. The van der Waals surface area contributed by atoms with Gasteiger partial charge in [0.2, 0.25) is 0 Å². The maximum Gasteiger partial charge on any atom is 0.256 e. The largest absolute Gasteiger partial charge is 0.335 e. The van der Waals surface area contributed by atoms with Gasteiger partial charge in [0.15, 0.2) is 0 Å². The van der Waals surface area contributed by atoms with Gasteiger partial charge >= 0.3 is 0 Å². The summed E-state index contributed by atoms with van der Waals surface area (Å²) >= 11 is 0. The molecule has 1 atom stereocenters. The molecule has 0 heterocycles. The van der Waals surface area contributed by atoms with Crippen molar-refractivity contribution in [1.29, 1.82) is 0 Å². The van der Waals surface area contributed by atoms with E-state index < -0.39 is 0 Å². The van der Waals surface area contributed by atoms with Gasteiger partial charge in [-0.3, -0.25) is 10.6 Å². The minimum Gasteiger partial charge on any atom is -0.335 e. The maximum absolute atomic E-state index is 12.7. The van der Waals surface area contributed by atoms with E-state index in [1.54, 1.807) is 0 Å². The second-order valence-corrected chi connectivity index (χ2v) is 5.40. The summed E-state index contributed by atoms with van der Waals surface area (Å²) in [5.41, 5.74) is 4.97. The average molecular weight is 278 g/mol. The zero-order chi connectivity index (χ0) is 15.3. The molecule has 0 aromatic heterocycles. The van der Waals surface area contributed by atoms with Crippen molar-refractivity contribution >= 4 is 11.6 Å². The highest BCUT2D eigenvalue weighted by molar-refractivity contribution is 5.99. The summed E-state index contributed by atoms with van der Waals surface area (Å²) in [4.78, 5) is 16.6. The van der Waals surface area contributed by atoms with Crippen molar-refractivity contribution in [3.63, 3.8) is 0 Å². The molecule has 0 bridgehead atoms. The van der Waals surface area contributed by atoms with E-state index in [2.05, 4.69) is 17.2 Å². The number of nitrogen functional groups attached to an aromatic ring is 1. The molecule has 0 aliphatic rings. The number of nitrogens with one attached hydrogen (secondary N) is 1. The number of hydrogen-bond acceptors (Lipinski definition) is 4. The van der Waals surface area contributed by atoms with Gasteiger partial charge in [-0.15, -0.1) is 0 Å². The predicted octanol–water partition coefficient (Wildman–Crippen LogP) is 1.69. The number of benzene rings is 1. The number of nitrogens with zero attached hydrogens (tertiary/aromatic N) is 2. The molecule has 0 radical (unpaired) electrons. The zero-order valence-corrected chi connectivity index (χ0v) is 13.1. The molecule has 112 valence electrons. The number of hydrogen-bond donors (Lipinski definition) is 2. The van der Waals surface area contributed by atoms with Gasteiger partial charge in [0.1, 0.15) is 0 Å². The van der Waals surface area contributed by atoms with Crippen LogP contribution >= 0.6 is 0 Å². The molecule has 1 aromatic carbocycles. The fourth-order valence-corrected chi connectivity index (χ4v) is 2.40. The molecule has 0 spiro atoms. The Hall–Kier alpha value is -1.59. The number of likely N-dealkylation sites (N-methyl/N-ethyl adjacent to an activating group) is 2. The molecule has 1 rings (SSSR count). The maximum atomic E-state index is 12.7. The quantitative estimate of drug-likeness (QED) is 0.614. The monoisotopic (exact) mass is 278 g/mol.